The van der Waals surface area contributed by atoms with Crippen LogP contribution in [0.25, 0.3) is 0 Å². The normalized spacial score (nSPS) is 11.1. The highest BCUT2D eigenvalue weighted by molar-refractivity contribution is 5.93. The van der Waals surface area contributed by atoms with Crippen LogP contribution in [0.1, 0.15) is 31.3 Å². The number of aromatic nitrogens is 1. The Labute approximate surface area is 127 Å². The molecular formula is C16H17F2N3O. The van der Waals surface area contributed by atoms with Crippen molar-refractivity contribution < 1.29 is 13.6 Å². The summed E-state index contributed by atoms with van der Waals surface area (Å²) in [6.07, 6.45) is 1.40. The van der Waals surface area contributed by atoms with E-state index >= 15 is 0 Å². The fraction of sp³-hybridized carbons (Fsp3) is 0.250. The molecule has 1 amide bonds. The van der Waals surface area contributed by atoms with Crippen LogP contribution in [0, 0.1) is 11.6 Å². The van der Waals surface area contributed by atoms with E-state index < -0.39 is 17.2 Å². The summed E-state index contributed by atoms with van der Waals surface area (Å²) in [6.45, 7) is 5.55. The van der Waals surface area contributed by atoms with Gasteiger partial charge in [-0.15, -0.1) is 0 Å². The number of anilines is 2. The molecule has 0 saturated carbocycles. The van der Waals surface area contributed by atoms with Crippen molar-refractivity contribution in [1.29, 1.82) is 0 Å². The first-order chi connectivity index (χ1) is 10.3. The highest BCUT2D eigenvalue weighted by Gasteiger charge is 2.17. The number of benzene rings is 1. The smallest absolute Gasteiger partial charge is 0.270 e. The van der Waals surface area contributed by atoms with Gasteiger partial charge >= 0.3 is 0 Å². The van der Waals surface area contributed by atoms with Crippen LogP contribution in [-0.4, -0.2) is 16.4 Å². The van der Waals surface area contributed by atoms with E-state index in [2.05, 4.69) is 15.6 Å². The number of nitrogens with one attached hydrogen (secondary N) is 2. The third-order valence-corrected chi connectivity index (χ3v) is 2.71. The van der Waals surface area contributed by atoms with Gasteiger partial charge in [-0.25, -0.2) is 8.78 Å². The Morgan fingerprint density at radius 1 is 1.14 bits per heavy atom. The highest BCUT2D eigenvalue weighted by atomic mass is 19.1. The number of hydrogen-bond donors (Lipinski definition) is 2. The van der Waals surface area contributed by atoms with Gasteiger partial charge in [0.2, 0.25) is 0 Å². The van der Waals surface area contributed by atoms with Crippen LogP contribution in [0.15, 0.2) is 36.5 Å². The predicted molar refractivity (Wildman–Crippen MR) is 81.1 cm³/mol. The van der Waals surface area contributed by atoms with Crippen LogP contribution < -0.4 is 10.6 Å². The lowest BCUT2D eigenvalue weighted by atomic mass is 10.1. The fourth-order valence-corrected chi connectivity index (χ4v) is 1.80. The SMILES string of the molecule is CC(C)(C)NC(=O)c1cc(Nc2c(F)cccc2F)ccn1. The van der Waals surface area contributed by atoms with Gasteiger partial charge in [-0.2, -0.15) is 0 Å². The monoisotopic (exact) mass is 305 g/mol. The zero-order valence-corrected chi connectivity index (χ0v) is 12.6. The van der Waals surface area contributed by atoms with Gasteiger partial charge in [-0.1, -0.05) is 6.07 Å². The predicted octanol–water partition coefficient (Wildman–Crippen LogP) is 3.63. The van der Waals surface area contributed by atoms with Crippen LogP contribution in [-0.2, 0) is 0 Å². The molecule has 0 unspecified atom stereocenters. The molecule has 0 aliphatic rings. The molecule has 1 heterocycles. The summed E-state index contributed by atoms with van der Waals surface area (Å²) in [5, 5.41) is 5.40. The van der Waals surface area contributed by atoms with Crippen LogP contribution in [0.3, 0.4) is 0 Å². The topological polar surface area (TPSA) is 54.0 Å². The standard InChI is InChI=1S/C16H17F2N3O/c1-16(2,3)21-15(22)13-9-10(7-8-19-13)20-14-11(17)5-4-6-12(14)18/h4-9H,1-3H3,(H,19,20)(H,21,22). The number of carbonyl (C=O) groups excluding carboxylic acids is 1. The van der Waals surface area contributed by atoms with Gasteiger partial charge in [-0.05, 0) is 45.0 Å². The molecule has 1 aromatic heterocycles. The third-order valence-electron chi connectivity index (χ3n) is 2.71. The molecule has 0 aliphatic carbocycles. The number of amides is 1. The Kier molecular flexibility index (Phi) is 4.40. The molecule has 0 spiro atoms. The van der Waals surface area contributed by atoms with Gasteiger partial charge in [0, 0.05) is 17.4 Å². The van der Waals surface area contributed by atoms with E-state index in [1.54, 1.807) is 0 Å². The minimum atomic E-state index is -0.711. The minimum absolute atomic E-state index is 0.164. The van der Waals surface area contributed by atoms with Crippen molar-refractivity contribution in [2.75, 3.05) is 5.32 Å². The number of hydrogen-bond acceptors (Lipinski definition) is 3. The van der Waals surface area contributed by atoms with E-state index in [9.17, 15) is 13.6 Å². The molecule has 2 aromatic rings. The second kappa shape index (κ2) is 6.09. The molecule has 0 radical (unpaired) electrons. The number of para-hydroxylation sites is 1. The quantitative estimate of drug-likeness (QED) is 0.910. The van der Waals surface area contributed by atoms with Crippen molar-refractivity contribution in [3.8, 4) is 0 Å². The molecule has 22 heavy (non-hydrogen) atoms. The van der Waals surface area contributed by atoms with Gasteiger partial charge in [0.15, 0.2) is 0 Å². The van der Waals surface area contributed by atoms with E-state index in [-0.39, 0.29) is 17.3 Å². The van der Waals surface area contributed by atoms with Crippen molar-refractivity contribution >= 4 is 17.3 Å². The van der Waals surface area contributed by atoms with Crippen molar-refractivity contribution in [1.82, 2.24) is 10.3 Å². The summed E-state index contributed by atoms with van der Waals surface area (Å²) >= 11 is 0. The van der Waals surface area contributed by atoms with Gasteiger partial charge in [0.1, 0.15) is 23.0 Å². The van der Waals surface area contributed by atoms with Gasteiger partial charge in [0.05, 0.1) is 0 Å². The van der Waals surface area contributed by atoms with Crippen molar-refractivity contribution in [3.05, 3.63) is 53.9 Å². The Balaban J connectivity index is 2.24. The zero-order chi connectivity index (χ0) is 16.3. The average Bonchev–Trinajstić information content (AvgIpc) is 2.41. The molecule has 0 aliphatic heterocycles. The Morgan fingerprint density at radius 3 is 2.36 bits per heavy atom. The third kappa shape index (κ3) is 4.00. The Hall–Kier alpha value is -2.50. The number of carbonyl (C=O) groups is 1. The van der Waals surface area contributed by atoms with Crippen LogP contribution >= 0.6 is 0 Å². The van der Waals surface area contributed by atoms with Gasteiger partial charge in [0.25, 0.3) is 5.91 Å². The summed E-state index contributed by atoms with van der Waals surface area (Å²) < 4.78 is 27.2. The Morgan fingerprint density at radius 2 is 1.77 bits per heavy atom. The van der Waals surface area contributed by atoms with E-state index in [4.69, 9.17) is 0 Å². The summed E-state index contributed by atoms with van der Waals surface area (Å²) in [5.41, 5.74) is -0.134. The maximum Gasteiger partial charge on any atom is 0.270 e. The van der Waals surface area contributed by atoms with Gasteiger partial charge in [-0.3, -0.25) is 9.78 Å². The lowest BCUT2D eigenvalue weighted by Crippen LogP contribution is -2.40. The van der Waals surface area contributed by atoms with Crippen molar-refractivity contribution in [3.63, 3.8) is 0 Å². The molecule has 2 rings (SSSR count). The van der Waals surface area contributed by atoms with Crippen LogP contribution in [0.5, 0.6) is 0 Å². The lowest BCUT2D eigenvalue weighted by molar-refractivity contribution is 0.0914. The van der Waals surface area contributed by atoms with E-state index in [1.807, 2.05) is 20.8 Å². The Bertz CT molecular complexity index is 676. The average molecular weight is 305 g/mol. The highest BCUT2D eigenvalue weighted by Crippen LogP contribution is 2.23. The molecule has 0 bridgehead atoms. The molecule has 4 nitrogen and oxygen atoms in total. The molecule has 0 fully saturated rings. The first-order valence-electron chi connectivity index (χ1n) is 6.76. The fourth-order valence-electron chi connectivity index (χ4n) is 1.80. The maximum atomic E-state index is 13.6. The molecular weight excluding hydrogens is 288 g/mol. The first-order valence-corrected chi connectivity index (χ1v) is 6.76. The molecule has 0 atom stereocenters. The zero-order valence-electron chi connectivity index (χ0n) is 12.6. The summed E-state index contributed by atoms with van der Waals surface area (Å²) in [4.78, 5) is 16.0. The van der Waals surface area contributed by atoms with Crippen LogP contribution in [0.2, 0.25) is 0 Å². The molecule has 1 aromatic carbocycles. The first kappa shape index (κ1) is 15.9. The van der Waals surface area contributed by atoms with Crippen LogP contribution in [0.4, 0.5) is 20.2 Å². The number of halogens is 2. The summed E-state index contributed by atoms with van der Waals surface area (Å²) in [5.74, 6) is -1.78. The van der Waals surface area contributed by atoms with E-state index in [1.165, 1.54) is 24.4 Å². The minimum Gasteiger partial charge on any atom is -0.351 e. The molecule has 6 heteroatoms. The number of nitrogens with zero attached hydrogens (tertiary/aromatic N) is 1. The largest absolute Gasteiger partial charge is 0.351 e. The second-order valence-electron chi connectivity index (χ2n) is 5.86. The van der Waals surface area contributed by atoms with Crippen molar-refractivity contribution in [2.45, 2.75) is 26.3 Å². The van der Waals surface area contributed by atoms with Gasteiger partial charge < -0.3 is 10.6 Å². The molecule has 116 valence electrons. The lowest BCUT2D eigenvalue weighted by Gasteiger charge is -2.20. The second-order valence-corrected chi connectivity index (χ2v) is 5.86. The maximum absolute atomic E-state index is 13.6. The summed E-state index contributed by atoms with van der Waals surface area (Å²) in [6, 6.07) is 6.55. The molecule has 2 N–H and O–H groups in total. The number of rotatable bonds is 3. The molecule has 0 saturated heterocycles. The van der Waals surface area contributed by atoms with E-state index in [0.717, 1.165) is 12.1 Å². The number of pyridine rings is 1. The van der Waals surface area contributed by atoms with E-state index in [0.29, 0.717) is 5.69 Å². The summed E-state index contributed by atoms with van der Waals surface area (Å²) in [7, 11) is 0. The van der Waals surface area contributed by atoms with Crippen molar-refractivity contribution in [2.24, 2.45) is 0 Å².